The average Bonchev–Trinajstić information content (AvgIpc) is 3.06. The molecule has 116 valence electrons. The van der Waals surface area contributed by atoms with Gasteiger partial charge < -0.3 is 14.5 Å². The average molecular weight is 301 g/mol. The van der Waals surface area contributed by atoms with Crippen molar-refractivity contribution in [1.82, 2.24) is 15.3 Å². The van der Waals surface area contributed by atoms with E-state index < -0.39 is 0 Å². The van der Waals surface area contributed by atoms with Gasteiger partial charge >= 0.3 is 0 Å². The number of carbonyl (C=O) groups excluding carboxylic acids is 1. The van der Waals surface area contributed by atoms with Crippen molar-refractivity contribution < 1.29 is 13.9 Å². The van der Waals surface area contributed by atoms with E-state index in [2.05, 4.69) is 15.3 Å². The maximum atomic E-state index is 12.3. The number of nitrogens with zero attached hydrogens (tertiary/aromatic N) is 2. The minimum atomic E-state index is -0.228. The van der Waals surface area contributed by atoms with Crippen molar-refractivity contribution in [1.29, 1.82) is 0 Å². The van der Waals surface area contributed by atoms with Crippen LogP contribution in [0.5, 0.6) is 0 Å². The second-order valence-electron chi connectivity index (χ2n) is 5.58. The number of pyridine rings is 1. The lowest BCUT2D eigenvalue weighted by Crippen LogP contribution is -2.40. The van der Waals surface area contributed by atoms with Crippen molar-refractivity contribution in [3.8, 4) is 0 Å². The Hall–Kier alpha value is -2.21. The molecule has 3 rings (SSSR count). The summed E-state index contributed by atoms with van der Waals surface area (Å²) in [5, 5.41) is 3.01. The van der Waals surface area contributed by atoms with Crippen LogP contribution in [0.25, 0.3) is 0 Å². The molecule has 6 nitrogen and oxygen atoms in total. The van der Waals surface area contributed by atoms with Crippen LogP contribution in [0.2, 0.25) is 0 Å². The molecule has 1 amide bonds. The number of nitrogens with one attached hydrogen (secondary N) is 1. The Morgan fingerprint density at radius 2 is 2.09 bits per heavy atom. The molecule has 0 aromatic carbocycles. The molecule has 0 saturated carbocycles. The standard InChI is InChI=1S/C16H19N3O3/c1-10-15(22-11(2)18-10)16(20)19-14-9-21-8-13(14)7-12-3-5-17-6-4-12/h3-6,13-14H,7-9H2,1-2H3,(H,19,20)/t13-,14-/m1/s1. The molecule has 2 atom stereocenters. The summed E-state index contributed by atoms with van der Waals surface area (Å²) in [4.78, 5) is 20.5. The summed E-state index contributed by atoms with van der Waals surface area (Å²) >= 11 is 0. The fourth-order valence-electron chi connectivity index (χ4n) is 2.76. The van der Waals surface area contributed by atoms with E-state index >= 15 is 0 Å². The van der Waals surface area contributed by atoms with Crippen LogP contribution in [-0.2, 0) is 11.2 Å². The highest BCUT2D eigenvalue weighted by atomic mass is 16.5. The van der Waals surface area contributed by atoms with Crippen LogP contribution in [0, 0.1) is 19.8 Å². The molecule has 2 aromatic rings. The Morgan fingerprint density at radius 3 is 2.77 bits per heavy atom. The van der Waals surface area contributed by atoms with E-state index in [9.17, 15) is 4.79 Å². The summed E-state index contributed by atoms with van der Waals surface area (Å²) in [7, 11) is 0. The number of aryl methyl sites for hydroxylation is 2. The van der Waals surface area contributed by atoms with Crippen molar-refractivity contribution in [2.24, 2.45) is 5.92 Å². The van der Waals surface area contributed by atoms with Crippen molar-refractivity contribution >= 4 is 5.91 Å². The van der Waals surface area contributed by atoms with E-state index in [0.717, 1.165) is 6.42 Å². The van der Waals surface area contributed by atoms with Gasteiger partial charge in [0.05, 0.1) is 24.9 Å². The zero-order valence-corrected chi connectivity index (χ0v) is 12.7. The Kier molecular flexibility index (Phi) is 4.20. The maximum Gasteiger partial charge on any atom is 0.289 e. The molecule has 2 aromatic heterocycles. The summed E-state index contributed by atoms with van der Waals surface area (Å²) in [6, 6.07) is 3.95. The molecule has 0 radical (unpaired) electrons. The highest BCUT2D eigenvalue weighted by molar-refractivity contribution is 5.92. The topological polar surface area (TPSA) is 77.2 Å². The summed E-state index contributed by atoms with van der Waals surface area (Å²) in [5.74, 6) is 0.801. The van der Waals surface area contributed by atoms with Gasteiger partial charge in [-0.1, -0.05) is 0 Å². The molecule has 1 aliphatic heterocycles. The number of hydrogen-bond donors (Lipinski definition) is 1. The smallest absolute Gasteiger partial charge is 0.289 e. The third-order valence-electron chi connectivity index (χ3n) is 3.87. The first-order valence-electron chi connectivity index (χ1n) is 7.35. The van der Waals surface area contributed by atoms with Crippen LogP contribution in [0.3, 0.4) is 0 Å². The molecule has 0 aliphatic carbocycles. The summed E-state index contributed by atoms with van der Waals surface area (Å²) in [6.45, 7) is 4.66. The Balaban J connectivity index is 1.66. The van der Waals surface area contributed by atoms with Gasteiger partial charge in [0.25, 0.3) is 5.91 Å². The van der Waals surface area contributed by atoms with E-state index in [1.54, 1.807) is 26.2 Å². The van der Waals surface area contributed by atoms with Gasteiger partial charge in [-0.05, 0) is 31.0 Å². The quantitative estimate of drug-likeness (QED) is 0.929. The third-order valence-corrected chi connectivity index (χ3v) is 3.87. The van der Waals surface area contributed by atoms with Gasteiger partial charge in [-0.15, -0.1) is 0 Å². The van der Waals surface area contributed by atoms with E-state index in [-0.39, 0.29) is 23.6 Å². The number of hydrogen-bond acceptors (Lipinski definition) is 5. The van der Waals surface area contributed by atoms with Gasteiger partial charge in [0.15, 0.2) is 5.89 Å². The van der Waals surface area contributed by atoms with Crippen LogP contribution < -0.4 is 5.32 Å². The number of rotatable bonds is 4. The third kappa shape index (κ3) is 3.17. The Morgan fingerprint density at radius 1 is 1.32 bits per heavy atom. The Bertz CT molecular complexity index is 654. The summed E-state index contributed by atoms with van der Waals surface area (Å²) in [6.07, 6.45) is 4.40. The second-order valence-corrected chi connectivity index (χ2v) is 5.58. The molecule has 1 saturated heterocycles. The maximum absolute atomic E-state index is 12.3. The first-order chi connectivity index (χ1) is 10.6. The summed E-state index contributed by atoms with van der Waals surface area (Å²) in [5.41, 5.74) is 1.80. The largest absolute Gasteiger partial charge is 0.436 e. The zero-order chi connectivity index (χ0) is 15.5. The van der Waals surface area contributed by atoms with Gasteiger partial charge in [0.2, 0.25) is 5.76 Å². The van der Waals surface area contributed by atoms with Gasteiger partial charge in [-0.25, -0.2) is 4.98 Å². The Labute approximate surface area is 128 Å². The highest BCUT2D eigenvalue weighted by Crippen LogP contribution is 2.20. The predicted octanol–water partition coefficient (Wildman–Crippen LogP) is 1.67. The molecule has 1 aliphatic rings. The molecular formula is C16H19N3O3. The minimum Gasteiger partial charge on any atom is -0.436 e. The van der Waals surface area contributed by atoms with Gasteiger partial charge in [0, 0.05) is 25.2 Å². The van der Waals surface area contributed by atoms with Crippen LogP contribution >= 0.6 is 0 Å². The molecule has 6 heteroatoms. The SMILES string of the molecule is Cc1nc(C)c(C(=O)N[C@@H]2COC[C@H]2Cc2ccncc2)o1. The molecule has 1 fully saturated rings. The fourth-order valence-corrected chi connectivity index (χ4v) is 2.76. The molecular weight excluding hydrogens is 282 g/mol. The number of oxazole rings is 1. The predicted molar refractivity (Wildman–Crippen MR) is 79.5 cm³/mol. The minimum absolute atomic E-state index is 0.0227. The molecule has 1 N–H and O–H groups in total. The van der Waals surface area contributed by atoms with Crippen molar-refractivity contribution in [3.05, 3.63) is 47.4 Å². The van der Waals surface area contributed by atoms with E-state index in [1.807, 2.05) is 12.1 Å². The van der Waals surface area contributed by atoms with Crippen LogP contribution in [0.1, 0.15) is 27.7 Å². The van der Waals surface area contributed by atoms with E-state index in [4.69, 9.17) is 9.15 Å². The van der Waals surface area contributed by atoms with Gasteiger partial charge in [0.1, 0.15) is 0 Å². The lowest BCUT2D eigenvalue weighted by atomic mass is 9.95. The highest BCUT2D eigenvalue weighted by Gasteiger charge is 2.31. The van der Waals surface area contributed by atoms with Gasteiger partial charge in [-0.3, -0.25) is 9.78 Å². The number of amides is 1. The van der Waals surface area contributed by atoms with Crippen LogP contribution in [0.15, 0.2) is 28.9 Å². The number of carbonyl (C=O) groups is 1. The van der Waals surface area contributed by atoms with E-state index in [1.165, 1.54) is 5.56 Å². The van der Waals surface area contributed by atoms with Crippen molar-refractivity contribution in [3.63, 3.8) is 0 Å². The molecule has 0 unspecified atom stereocenters. The lowest BCUT2D eigenvalue weighted by Gasteiger charge is -2.18. The first-order valence-corrected chi connectivity index (χ1v) is 7.35. The molecule has 22 heavy (non-hydrogen) atoms. The van der Waals surface area contributed by atoms with Crippen molar-refractivity contribution in [2.75, 3.05) is 13.2 Å². The molecule has 0 bridgehead atoms. The fraction of sp³-hybridized carbons (Fsp3) is 0.438. The second kappa shape index (κ2) is 6.27. The van der Waals surface area contributed by atoms with Crippen molar-refractivity contribution in [2.45, 2.75) is 26.3 Å². The zero-order valence-electron chi connectivity index (χ0n) is 12.7. The van der Waals surface area contributed by atoms with Crippen LogP contribution in [-0.4, -0.2) is 35.1 Å². The monoisotopic (exact) mass is 301 g/mol. The normalized spacial score (nSPS) is 21.0. The van der Waals surface area contributed by atoms with Gasteiger partial charge in [-0.2, -0.15) is 0 Å². The van der Waals surface area contributed by atoms with Crippen LogP contribution in [0.4, 0.5) is 0 Å². The van der Waals surface area contributed by atoms with E-state index in [0.29, 0.717) is 24.8 Å². The number of aromatic nitrogens is 2. The summed E-state index contributed by atoms with van der Waals surface area (Å²) < 4.78 is 10.9. The molecule has 0 spiro atoms. The lowest BCUT2D eigenvalue weighted by molar-refractivity contribution is 0.0895. The molecule has 3 heterocycles. The first kappa shape index (κ1) is 14.7. The number of ether oxygens (including phenoxy) is 1.